The van der Waals surface area contributed by atoms with Crippen molar-refractivity contribution in [1.82, 2.24) is 4.98 Å². The molecule has 1 aliphatic carbocycles. The molecule has 0 atom stereocenters. The Morgan fingerprint density at radius 3 is 2.62 bits per heavy atom. The third-order valence-corrected chi connectivity index (χ3v) is 4.56. The molecular formula is C15H22N2O3S. The molecule has 0 aliphatic heterocycles. The summed E-state index contributed by atoms with van der Waals surface area (Å²) < 4.78 is 5.00. The normalized spacial score (nSPS) is 14.0. The van der Waals surface area contributed by atoms with Crippen molar-refractivity contribution in [2.75, 3.05) is 24.6 Å². The molecule has 0 saturated heterocycles. The average Bonchev–Trinajstić information content (AvgIpc) is 3.13. The first kappa shape index (κ1) is 15.9. The molecule has 5 nitrogen and oxygen atoms in total. The maximum absolute atomic E-state index is 11.9. The molecular weight excluding hydrogens is 288 g/mol. The summed E-state index contributed by atoms with van der Waals surface area (Å²) in [6.07, 6.45) is 3.53. The second kappa shape index (κ2) is 7.02. The first-order valence-corrected chi connectivity index (χ1v) is 8.32. The zero-order chi connectivity index (χ0) is 15.4. The second-order valence-corrected chi connectivity index (χ2v) is 6.32. The van der Waals surface area contributed by atoms with Gasteiger partial charge in [-0.3, -0.25) is 4.79 Å². The summed E-state index contributed by atoms with van der Waals surface area (Å²) in [6, 6.07) is 0. The van der Waals surface area contributed by atoms with Gasteiger partial charge in [-0.1, -0.05) is 18.3 Å². The van der Waals surface area contributed by atoms with Crippen LogP contribution in [-0.2, 0) is 4.74 Å². The molecule has 2 rings (SSSR count). The summed E-state index contributed by atoms with van der Waals surface area (Å²) in [7, 11) is 0. The Morgan fingerprint density at radius 1 is 1.38 bits per heavy atom. The molecule has 1 aliphatic rings. The van der Waals surface area contributed by atoms with Gasteiger partial charge in [-0.15, -0.1) is 0 Å². The van der Waals surface area contributed by atoms with Gasteiger partial charge in [-0.2, -0.15) is 0 Å². The molecule has 6 heteroatoms. The van der Waals surface area contributed by atoms with Crippen molar-refractivity contribution in [2.24, 2.45) is 5.92 Å². The molecule has 0 spiro atoms. The van der Waals surface area contributed by atoms with Crippen LogP contribution in [0.2, 0.25) is 0 Å². The van der Waals surface area contributed by atoms with E-state index in [0.29, 0.717) is 4.88 Å². The van der Waals surface area contributed by atoms with E-state index >= 15 is 0 Å². The zero-order valence-electron chi connectivity index (χ0n) is 12.8. The molecule has 0 amide bonds. The van der Waals surface area contributed by atoms with E-state index < -0.39 is 5.97 Å². The van der Waals surface area contributed by atoms with E-state index in [4.69, 9.17) is 4.74 Å². The van der Waals surface area contributed by atoms with Gasteiger partial charge in [0.25, 0.3) is 0 Å². The maximum Gasteiger partial charge on any atom is 0.358 e. The Balaban J connectivity index is 2.27. The van der Waals surface area contributed by atoms with Gasteiger partial charge in [0.2, 0.25) is 0 Å². The SMILES string of the molecule is CCCN(CC1CC1)c1nc(C(=O)OCC)c(C(C)=O)s1. The zero-order valence-corrected chi connectivity index (χ0v) is 13.7. The quantitative estimate of drug-likeness (QED) is 0.545. The number of anilines is 1. The van der Waals surface area contributed by atoms with Crippen LogP contribution in [0.25, 0.3) is 0 Å². The van der Waals surface area contributed by atoms with E-state index in [0.717, 1.165) is 30.6 Å². The van der Waals surface area contributed by atoms with Crippen LogP contribution in [0.15, 0.2) is 0 Å². The molecule has 0 aromatic carbocycles. The molecule has 116 valence electrons. The maximum atomic E-state index is 11.9. The number of nitrogens with zero attached hydrogens (tertiary/aromatic N) is 2. The lowest BCUT2D eigenvalue weighted by molar-refractivity contribution is 0.0517. The topological polar surface area (TPSA) is 59.5 Å². The number of ketones is 1. The van der Waals surface area contributed by atoms with Gasteiger partial charge >= 0.3 is 5.97 Å². The number of carbonyl (C=O) groups is 2. The lowest BCUT2D eigenvalue weighted by Gasteiger charge is -2.20. The molecule has 1 saturated carbocycles. The van der Waals surface area contributed by atoms with Gasteiger partial charge in [-0.05, 0) is 32.1 Å². The van der Waals surface area contributed by atoms with Crippen LogP contribution in [0.3, 0.4) is 0 Å². The predicted octanol–water partition coefficient (Wildman–Crippen LogP) is 3.15. The Hall–Kier alpha value is -1.43. The Bertz CT molecular complexity index is 523. The summed E-state index contributed by atoms with van der Waals surface area (Å²) >= 11 is 1.30. The van der Waals surface area contributed by atoms with Crippen LogP contribution in [0, 0.1) is 5.92 Å². The van der Waals surface area contributed by atoms with E-state index in [-0.39, 0.29) is 18.1 Å². The van der Waals surface area contributed by atoms with Crippen LogP contribution in [0.4, 0.5) is 5.13 Å². The van der Waals surface area contributed by atoms with Crippen molar-refractivity contribution in [1.29, 1.82) is 0 Å². The monoisotopic (exact) mass is 310 g/mol. The number of thiazole rings is 1. The van der Waals surface area contributed by atoms with Gasteiger partial charge in [0.15, 0.2) is 16.6 Å². The van der Waals surface area contributed by atoms with E-state index in [2.05, 4.69) is 16.8 Å². The van der Waals surface area contributed by atoms with Crippen molar-refractivity contribution in [2.45, 2.75) is 40.0 Å². The van der Waals surface area contributed by atoms with Crippen molar-refractivity contribution in [3.05, 3.63) is 10.6 Å². The molecule has 0 unspecified atom stereocenters. The summed E-state index contributed by atoms with van der Waals surface area (Å²) in [4.78, 5) is 30.7. The van der Waals surface area contributed by atoms with E-state index in [1.807, 2.05) is 0 Å². The molecule has 0 radical (unpaired) electrons. The molecule has 0 N–H and O–H groups in total. The Morgan fingerprint density at radius 2 is 2.10 bits per heavy atom. The van der Waals surface area contributed by atoms with Gasteiger partial charge < -0.3 is 9.64 Å². The van der Waals surface area contributed by atoms with Gasteiger partial charge in [-0.25, -0.2) is 9.78 Å². The Kier molecular flexibility index (Phi) is 5.33. The largest absolute Gasteiger partial charge is 0.461 e. The van der Waals surface area contributed by atoms with Gasteiger partial charge in [0, 0.05) is 20.0 Å². The van der Waals surface area contributed by atoms with Crippen LogP contribution >= 0.6 is 11.3 Å². The molecule has 1 heterocycles. The summed E-state index contributed by atoms with van der Waals surface area (Å²) in [5.74, 6) is 0.0880. The third-order valence-electron chi connectivity index (χ3n) is 3.34. The van der Waals surface area contributed by atoms with Crippen molar-refractivity contribution in [3.63, 3.8) is 0 Å². The van der Waals surface area contributed by atoms with Crippen LogP contribution in [0.1, 0.15) is 60.2 Å². The number of esters is 1. The lowest BCUT2D eigenvalue weighted by atomic mass is 10.3. The minimum atomic E-state index is -0.506. The first-order valence-electron chi connectivity index (χ1n) is 7.50. The van der Waals surface area contributed by atoms with E-state index in [1.54, 1.807) is 6.92 Å². The van der Waals surface area contributed by atoms with E-state index in [9.17, 15) is 9.59 Å². The summed E-state index contributed by atoms with van der Waals surface area (Å²) in [5, 5.41) is 0.761. The fourth-order valence-corrected chi connectivity index (χ4v) is 3.15. The van der Waals surface area contributed by atoms with Crippen LogP contribution < -0.4 is 4.90 Å². The molecule has 1 fully saturated rings. The van der Waals surface area contributed by atoms with Crippen molar-refractivity contribution < 1.29 is 14.3 Å². The third kappa shape index (κ3) is 4.03. The Labute approximate surface area is 129 Å². The fraction of sp³-hybridized carbons (Fsp3) is 0.667. The van der Waals surface area contributed by atoms with Crippen molar-refractivity contribution >= 4 is 28.2 Å². The van der Waals surface area contributed by atoms with Crippen LogP contribution in [-0.4, -0.2) is 36.4 Å². The van der Waals surface area contributed by atoms with E-state index in [1.165, 1.54) is 31.1 Å². The number of rotatable bonds is 8. The highest BCUT2D eigenvalue weighted by atomic mass is 32.1. The molecule has 1 aromatic rings. The highest BCUT2D eigenvalue weighted by molar-refractivity contribution is 7.17. The standard InChI is InChI=1S/C15H22N2O3S/c1-4-8-17(9-11-6-7-11)15-16-12(14(19)20-5-2)13(21-15)10(3)18/h11H,4-9H2,1-3H3. The minimum Gasteiger partial charge on any atom is -0.461 e. The molecule has 0 bridgehead atoms. The summed E-state index contributed by atoms with van der Waals surface area (Å²) in [5.41, 5.74) is 0.168. The molecule has 21 heavy (non-hydrogen) atoms. The number of ether oxygens (including phenoxy) is 1. The minimum absolute atomic E-state index is 0.135. The van der Waals surface area contributed by atoms with Gasteiger partial charge in [0.1, 0.15) is 4.88 Å². The number of Topliss-reactive ketones (excluding diaryl/α,β-unsaturated/α-hetero) is 1. The second-order valence-electron chi connectivity index (χ2n) is 5.34. The highest BCUT2D eigenvalue weighted by Crippen LogP contribution is 2.34. The first-order chi connectivity index (χ1) is 10.1. The fourth-order valence-electron chi connectivity index (χ4n) is 2.17. The smallest absolute Gasteiger partial charge is 0.358 e. The lowest BCUT2D eigenvalue weighted by Crippen LogP contribution is -2.26. The number of aromatic nitrogens is 1. The van der Waals surface area contributed by atoms with Crippen molar-refractivity contribution in [3.8, 4) is 0 Å². The van der Waals surface area contributed by atoms with Gasteiger partial charge in [0.05, 0.1) is 6.61 Å². The predicted molar refractivity (Wildman–Crippen MR) is 83.3 cm³/mol. The number of hydrogen-bond donors (Lipinski definition) is 0. The highest BCUT2D eigenvalue weighted by Gasteiger charge is 2.28. The molecule has 1 aromatic heterocycles. The van der Waals surface area contributed by atoms with Crippen LogP contribution in [0.5, 0.6) is 0 Å². The number of hydrogen-bond acceptors (Lipinski definition) is 6. The summed E-state index contributed by atoms with van der Waals surface area (Å²) in [6.45, 7) is 7.46. The number of carbonyl (C=O) groups excluding carboxylic acids is 2. The average molecular weight is 310 g/mol.